The van der Waals surface area contributed by atoms with Crippen molar-refractivity contribution in [3.05, 3.63) is 32.8 Å². The topological polar surface area (TPSA) is 104 Å². The van der Waals surface area contributed by atoms with Crippen molar-refractivity contribution in [2.75, 3.05) is 0 Å². The number of halogens is 3. The highest BCUT2D eigenvalue weighted by atomic mass is 35.5. The Hall–Kier alpha value is 0.130. The second kappa shape index (κ2) is 9.10. The summed E-state index contributed by atoms with van der Waals surface area (Å²) in [5.41, 5.74) is 0.584. The van der Waals surface area contributed by atoms with Gasteiger partial charge in [0.05, 0.1) is 16.7 Å². The van der Waals surface area contributed by atoms with Gasteiger partial charge in [0, 0.05) is 14.2 Å². The molecule has 1 rings (SSSR count). The number of aliphatic hydroxyl groups is 1. The maximum atomic E-state index is 9.39. The molecule has 1 aromatic rings. The molecule has 0 spiro atoms. The third-order valence-corrected chi connectivity index (χ3v) is 3.59. The van der Waals surface area contributed by atoms with Gasteiger partial charge in [-0.15, -0.1) is 9.79 Å². The molecule has 0 heterocycles. The Balaban J connectivity index is 0.000000360. The van der Waals surface area contributed by atoms with Crippen molar-refractivity contribution in [3.8, 4) is 0 Å². The Morgan fingerprint density at radius 1 is 1.00 bits per heavy atom. The second-order valence-corrected chi connectivity index (χ2v) is 5.40. The van der Waals surface area contributed by atoms with Gasteiger partial charge in [0.15, 0.2) is 4.31 Å². The van der Waals surface area contributed by atoms with E-state index in [9.17, 15) is 9.13 Å². The molecule has 1 aromatic carbocycles. The molecule has 0 aromatic heterocycles. The molecule has 0 aliphatic rings. The number of rotatable bonds is 3. The van der Waals surface area contributed by atoms with Gasteiger partial charge in [-0.05, 0) is 17.7 Å². The fourth-order valence-electron chi connectivity index (χ4n) is 0.745. The standard InChI is InChI=1S/C7H5Cl3O.O5P2/c8-5-2-7(10)6(9)1-4(5)3-11;1-6(2)5-7(3)4/h1-2,11H,3H2;/p+2. The van der Waals surface area contributed by atoms with Crippen LogP contribution >= 0.6 is 51.3 Å². The molecule has 2 unspecified atom stereocenters. The van der Waals surface area contributed by atoms with Crippen LogP contribution in [-0.2, 0) is 20.0 Å². The fourth-order valence-corrected chi connectivity index (χ4v) is 1.85. The van der Waals surface area contributed by atoms with E-state index >= 15 is 0 Å². The zero-order chi connectivity index (χ0) is 14.3. The van der Waals surface area contributed by atoms with E-state index in [1.807, 2.05) is 0 Å². The fraction of sp³-hybridized carbons (Fsp3) is 0.143. The predicted octanol–water partition coefficient (Wildman–Crippen LogP) is 3.44. The molecule has 18 heavy (non-hydrogen) atoms. The first kappa shape index (κ1) is 18.1. The van der Waals surface area contributed by atoms with Crippen molar-refractivity contribution >= 4 is 51.3 Å². The van der Waals surface area contributed by atoms with E-state index < -0.39 is 16.5 Å². The monoisotopic (exact) mass is 354 g/mol. The number of hydrogen-bond acceptors (Lipinski definition) is 4. The summed E-state index contributed by atoms with van der Waals surface area (Å²) in [6.07, 6.45) is 0. The van der Waals surface area contributed by atoms with E-state index in [0.29, 0.717) is 20.6 Å². The summed E-state index contributed by atoms with van der Waals surface area (Å²) in [6.45, 7) is -0.129. The van der Waals surface area contributed by atoms with Gasteiger partial charge in [-0.1, -0.05) is 34.8 Å². The van der Waals surface area contributed by atoms with E-state index in [-0.39, 0.29) is 6.61 Å². The lowest BCUT2D eigenvalue weighted by Gasteiger charge is -2.01. The molecule has 0 saturated carbocycles. The van der Waals surface area contributed by atoms with Crippen LogP contribution < -0.4 is 0 Å². The minimum absolute atomic E-state index is 0.129. The molecule has 0 bridgehead atoms. The average molecular weight is 355 g/mol. The van der Waals surface area contributed by atoms with Gasteiger partial charge in [0.2, 0.25) is 0 Å². The van der Waals surface area contributed by atoms with Crippen LogP contribution in [0.25, 0.3) is 0 Å². The summed E-state index contributed by atoms with van der Waals surface area (Å²) in [7, 11) is -5.85. The quantitative estimate of drug-likeness (QED) is 0.567. The molecule has 0 radical (unpaired) electrons. The van der Waals surface area contributed by atoms with Gasteiger partial charge in [-0.3, -0.25) is 0 Å². The number of hydrogen-bond donors (Lipinski definition) is 3. The van der Waals surface area contributed by atoms with E-state index in [0.717, 1.165) is 0 Å². The first-order valence-electron chi connectivity index (χ1n) is 4.02. The summed E-state index contributed by atoms with van der Waals surface area (Å²) in [4.78, 5) is 15.3. The normalized spacial score (nSPS) is 11.4. The Morgan fingerprint density at radius 2 is 1.44 bits per heavy atom. The highest BCUT2D eigenvalue weighted by Gasteiger charge is 2.31. The molecule has 6 nitrogen and oxygen atoms in total. The summed E-state index contributed by atoms with van der Waals surface area (Å²) in [5.74, 6) is 0. The summed E-state index contributed by atoms with van der Waals surface area (Å²) in [6, 6.07) is 3.06. The smallest absolute Gasteiger partial charge is 0.392 e. The lowest BCUT2D eigenvalue weighted by molar-refractivity contribution is 0.282. The minimum atomic E-state index is -2.92. The average Bonchev–Trinajstić information content (AvgIpc) is 2.22. The number of aliphatic hydroxyl groups excluding tert-OH is 1. The van der Waals surface area contributed by atoms with Crippen molar-refractivity contribution in [3.63, 3.8) is 0 Å². The Kier molecular flexibility index (Phi) is 9.17. The van der Waals surface area contributed by atoms with Crippen molar-refractivity contribution < 1.29 is 28.3 Å². The van der Waals surface area contributed by atoms with Gasteiger partial charge in [-0.25, -0.2) is 0 Å². The SMILES string of the molecule is O=[P+](O)O[P+](=O)O.OCc1cc(Cl)c(Cl)cc1Cl. The predicted molar refractivity (Wildman–Crippen MR) is 68.1 cm³/mol. The van der Waals surface area contributed by atoms with Gasteiger partial charge >= 0.3 is 16.5 Å². The van der Waals surface area contributed by atoms with Crippen molar-refractivity contribution in [1.82, 2.24) is 0 Å². The molecular weight excluding hydrogens is 348 g/mol. The minimum Gasteiger partial charge on any atom is -0.392 e. The molecule has 11 heteroatoms. The highest BCUT2D eigenvalue weighted by molar-refractivity contribution is 7.46. The van der Waals surface area contributed by atoms with Crippen LogP contribution in [0.4, 0.5) is 0 Å². The van der Waals surface area contributed by atoms with E-state index in [4.69, 9.17) is 49.7 Å². The van der Waals surface area contributed by atoms with Gasteiger partial charge in [0.1, 0.15) is 0 Å². The Labute approximate surface area is 119 Å². The largest absolute Gasteiger partial charge is 0.745 e. The van der Waals surface area contributed by atoms with Gasteiger partial charge in [-0.2, -0.15) is 0 Å². The van der Waals surface area contributed by atoms with Crippen LogP contribution in [0.15, 0.2) is 12.1 Å². The molecular formula is C7H7Cl3O6P2+2. The molecule has 0 amide bonds. The van der Waals surface area contributed by atoms with Crippen molar-refractivity contribution in [2.24, 2.45) is 0 Å². The first-order chi connectivity index (χ1) is 8.27. The maximum absolute atomic E-state index is 9.39. The zero-order valence-electron chi connectivity index (χ0n) is 8.46. The number of benzene rings is 1. The lowest BCUT2D eigenvalue weighted by atomic mass is 10.2. The molecule has 0 aliphatic carbocycles. The molecule has 0 saturated heterocycles. The molecule has 2 atom stereocenters. The summed E-state index contributed by atoms with van der Waals surface area (Å²) < 4.78 is 22.2. The third kappa shape index (κ3) is 7.54. The van der Waals surface area contributed by atoms with Crippen LogP contribution in [0, 0.1) is 0 Å². The molecule has 3 N–H and O–H groups in total. The van der Waals surface area contributed by atoms with Crippen LogP contribution in [0.2, 0.25) is 15.1 Å². The highest BCUT2D eigenvalue weighted by Crippen LogP contribution is 2.30. The third-order valence-electron chi connectivity index (χ3n) is 1.40. The summed E-state index contributed by atoms with van der Waals surface area (Å²) in [5, 5.41) is 9.98. The Morgan fingerprint density at radius 3 is 1.78 bits per heavy atom. The molecule has 100 valence electrons. The van der Waals surface area contributed by atoms with Crippen LogP contribution in [0.3, 0.4) is 0 Å². The van der Waals surface area contributed by atoms with E-state index in [1.165, 1.54) is 6.07 Å². The van der Waals surface area contributed by atoms with E-state index in [1.54, 1.807) is 6.07 Å². The summed E-state index contributed by atoms with van der Waals surface area (Å²) >= 11 is 17.0. The lowest BCUT2D eigenvalue weighted by Crippen LogP contribution is -1.84. The van der Waals surface area contributed by atoms with Crippen LogP contribution in [0.1, 0.15) is 5.56 Å². The van der Waals surface area contributed by atoms with Crippen molar-refractivity contribution in [2.45, 2.75) is 6.61 Å². The first-order valence-corrected chi connectivity index (χ1v) is 7.42. The Bertz CT molecular complexity index is 443. The zero-order valence-corrected chi connectivity index (χ0v) is 12.5. The van der Waals surface area contributed by atoms with Crippen molar-refractivity contribution in [1.29, 1.82) is 0 Å². The maximum Gasteiger partial charge on any atom is 0.745 e. The second-order valence-electron chi connectivity index (χ2n) is 2.57. The van der Waals surface area contributed by atoms with Gasteiger partial charge in [0.25, 0.3) is 0 Å². The molecule has 0 fully saturated rings. The van der Waals surface area contributed by atoms with Crippen LogP contribution in [-0.4, -0.2) is 14.9 Å². The van der Waals surface area contributed by atoms with E-state index in [2.05, 4.69) is 4.31 Å². The molecule has 0 aliphatic heterocycles. The van der Waals surface area contributed by atoms with Crippen LogP contribution in [0.5, 0.6) is 0 Å². The van der Waals surface area contributed by atoms with Gasteiger partial charge < -0.3 is 5.11 Å².